The van der Waals surface area contributed by atoms with Crippen LogP contribution >= 0.6 is 0 Å². The summed E-state index contributed by atoms with van der Waals surface area (Å²) in [5, 5.41) is 12.3. The highest BCUT2D eigenvalue weighted by Gasteiger charge is 2.11. The van der Waals surface area contributed by atoms with Gasteiger partial charge in [-0.1, -0.05) is 0 Å². The van der Waals surface area contributed by atoms with Crippen LogP contribution in [0.5, 0.6) is 0 Å². The standard InChI is InChI=1S/C13H20N2O3/c1-10(16)5-3-7-14-9-12-11(13(17)18-2)6-4-8-15-12/h4,6,8,10,14,16H,3,5,7,9H2,1-2H3. The zero-order chi connectivity index (χ0) is 13.4. The van der Waals surface area contributed by atoms with Gasteiger partial charge in [-0.25, -0.2) is 4.79 Å². The minimum absolute atomic E-state index is 0.271. The second-order valence-electron chi connectivity index (χ2n) is 4.16. The van der Waals surface area contributed by atoms with Crippen LogP contribution in [0.15, 0.2) is 18.3 Å². The molecule has 0 bridgehead atoms. The number of pyridine rings is 1. The molecule has 0 aromatic carbocycles. The highest BCUT2D eigenvalue weighted by atomic mass is 16.5. The molecule has 1 unspecified atom stereocenters. The van der Waals surface area contributed by atoms with Gasteiger partial charge < -0.3 is 15.2 Å². The van der Waals surface area contributed by atoms with Crippen LogP contribution in [0.25, 0.3) is 0 Å². The minimum atomic E-state index is -0.371. The first-order chi connectivity index (χ1) is 8.65. The van der Waals surface area contributed by atoms with Crippen molar-refractivity contribution in [1.82, 2.24) is 10.3 Å². The van der Waals surface area contributed by atoms with E-state index in [1.54, 1.807) is 25.3 Å². The van der Waals surface area contributed by atoms with Gasteiger partial charge in [0.25, 0.3) is 0 Å². The van der Waals surface area contributed by atoms with Gasteiger partial charge in [0.2, 0.25) is 0 Å². The van der Waals surface area contributed by atoms with Crippen molar-refractivity contribution in [2.24, 2.45) is 0 Å². The van der Waals surface area contributed by atoms with Crippen LogP contribution in [0.1, 0.15) is 35.8 Å². The third kappa shape index (κ3) is 4.81. The van der Waals surface area contributed by atoms with E-state index in [0.717, 1.165) is 19.4 Å². The summed E-state index contributed by atoms with van der Waals surface area (Å²) >= 11 is 0. The van der Waals surface area contributed by atoms with Crippen molar-refractivity contribution in [3.63, 3.8) is 0 Å². The number of nitrogens with one attached hydrogen (secondary N) is 1. The Labute approximate surface area is 107 Å². The number of aliphatic hydroxyl groups excluding tert-OH is 1. The van der Waals surface area contributed by atoms with E-state index in [0.29, 0.717) is 17.8 Å². The van der Waals surface area contributed by atoms with Gasteiger partial charge >= 0.3 is 5.97 Å². The number of aliphatic hydroxyl groups is 1. The molecule has 1 aromatic rings. The van der Waals surface area contributed by atoms with Gasteiger partial charge in [-0.05, 0) is 38.4 Å². The fourth-order valence-corrected chi connectivity index (χ4v) is 1.60. The number of hydrogen-bond donors (Lipinski definition) is 2. The average Bonchev–Trinajstić information content (AvgIpc) is 2.37. The van der Waals surface area contributed by atoms with E-state index in [2.05, 4.69) is 10.3 Å². The molecule has 0 aliphatic heterocycles. The molecular formula is C13H20N2O3. The monoisotopic (exact) mass is 252 g/mol. The summed E-state index contributed by atoms with van der Waals surface area (Å²) in [5.74, 6) is -0.371. The van der Waals surface area contributed by atoms with E-state index < -0.39 is 0 Å². The molecule has 5 heteroatoms. The summed E-state index contributed by atoms with van der Waals surface area (Å²) in [5.41, 5.74) is 1.17. The fourth-order valence-electron chi connectivity index (χ4n) is 1.60. The van der Waals surface area contributed by atoms with Crippen LogP contribution in [0.2, 0.25) is 0 Å². The third-order valence-corrected chi connectivity index (χ3v) is 2.56. The molecule has 0 spiro atoms. The number of nitrogens with zero attached hydrogens (tertiary/aromatic N) is 1. The quantitative estimate of drug-likeness (QED) is 0.562. The molecule has 0 saturated heterocycles. The number of esters is 1. The van der Waals surface area contributed by atoms with E-state index >= 15 is 0 Å². The molecule has 0 amide bonds. The van der Waals surface area contributed by atoms with Gasteiger partial charge in [0.15, 0.2) is 0 Å². The molecule has 2 N–H and O–H groups in total. The number of aromatic nitrogens is 1. The zero-order valence-electron chi connectivity index (χ0n) is 10.8. The van der Waals surface area contributed by atoms with Crippen LogP contribution in [-0.4, -0.2) is 35.8 Å². The number of ether oxygens (including phenoxy) is 1. The van der Waals surface area contributed by atoms with Gasteiger partial charge in [-0.15, -0.1) is 0 Å². The van der Waals surface area contributed by atoms with E-state index in [-0.39, 0.29) is 12.1 Å². The lowest BCUT2D eigenvalue weighted by atomic mass is 10.2. The van der Waals surface area contributed by atoms with Crippen LogP contribution in [0.3, 0.4) is 0 Å². The molecule has 5 nitrogen and oxygen atoms in total. The highest BCUT2D eigenvalue weighted by molar-refractivity contribution is 5.90. The number of rotatable bonds is 7. The van der Waals surface area contributed by atoms with E-state index in [1.807, 2.05) is 0 Å². The molecule has 1 aromatic heterocycles. The van der Waals surface area contributed by atoms with E-state index in [1.165, 1.54) is 7.11 Å². The normalized spacial score (nSPS) is 12.2. The lowest BCUT2D eigenvalue weighted by Gasteiger charge is -2.08. The van der Waals surface area contributed by atoms with Crippen molar-refractivity contribution >= 4 is 5.97 Å². The minimum Gasteiger partial charge on any atom is -0.465 e. The molecule has 1 heterocycles. The SMILES string of the molecule is COC(=O)c1cccnc1CNCCCC(C)O. The van der Waals surface area contributed by atoms with E-state index in [4.69, 9.17) is 9.84 Å². The maximum atomic E-state index is 11.5. The Balaban J connectivity index is 2.44. The Morgan fingerprint density at radius 2 is 2.39 bits per heavy atom. The summed E-state index contributed by atoms with van der Waals surface area (Å²) in [4.78, 5) is 15.7. The van der Waals surface area contributed by atoms with E-state index in [9.17, 15) is 4.79 Å². The largest absolute Gasteiger partial charge is 0.465 e. The Morgan fingerprint density at radius 3 is 3.06 bits per heavy atom. The third-order valence-electron chi connectivity index (χ3n) is 2.56. The Hall–Kier alpha value is -1.46. The molecule has 0 fully saturated rings. The van der Waals surface area contributed by atoms with Gasteiger partial charge in [-0.3, -0.25) is 4.98 Å². The molecular weight excluding hydrogens is 232 g/mol. The summed E-state index contributed by atoms with van der Waals surface area (Å²) in [6, 6.07) is 3.41. The first-order valence-electron chi connectivity index (χ1n) is 6.06. The molecule has 0 aliphatic carbocycles. The Morgan fingerprint density at radius 1 is 1.61 bits per heavy atom. The molecule has 0 saturated carbocycles. The summed E-state index contributed by atoms with van der Waals surface area (Å²) in [6.45, 7) is 3.07. The van der Waals surface area contributed by atoms with Crippen molar-refractivity contribution in [1.29, 1.82) is 0 Å². The first-order valence-corrected chi connectivity index (χ1v) is 6.06. The second kappa shape index (κ2) is 7.79. The lowest BCUT2D eigenvalue weighted by Crippen LogP contribution is -2.19. The maximum Gasteiger partial charge on any atom is 0.339 e. The predicted molar refractivity (Wildman–Crippen MR) is 68.2 cm³/mol. The lowest BCUT2D eigenvalue weighted by molar-refractivity contribution is 0.0598. The van der Waals surface area contributed by atoms with Crippen molar-refractivity contribution in [3.8, 4) is 0 Å². The van der Waals surface area contributed by atoms with Crippen molar-refractivity contribution in [2.45, 2.75) is 32.4 Å². The van der Waals surface area contributed by atoms with Crippen molar-refractivity contribution < 1.29 is 14.6 Å². The van der Waals surface area contributed by atoms with Crippen molar-refractivity contribution in [2.75, 3.05) is 13.7 Å². The smallest absolute Gasteiger partial charge is 0.339 e. The van der Waals surface area contributed by atoms with Gasteiger partial charge in [-0.2, -0.15) is 0 Å². The summed E-state index contributed by atoms with van der Waals surface area (Å²) < 4.78 is 4.70. The Kier molecular flexibility index (Phi) is 6.32. The van der Waals surface area contributed by atoms with Crippen molar-refractivity contribution in [3.05, 3.63) is 29.6 Å². The second-order valence-corrected chi connectivity index (χ2v) is 4.16. The fraction of sp³-hybridized carbons (Fsp3) is 0.538. The topological polar surface area (TPSA) is 71.5 Å². The molecule has 0 aliphatic rings. The van der Waals surface area contributed by atoms with Crippen LogP contribution in [0, 0.1) is 0 Å². The summed E-state index contributed by atoms with van der Waals surface area (Å²) in [6.07, 6.45) is 3.03. The van der Waals surface area contributed by atoms with Crippen LogP contribution < -0.4 is 5.32 Å². The van der Waals surface area contributed by atoms with Gasteiger partial charge in [0.1, 0.15) is 0 Å². The number of hydrogen-bond acceptors (Lipinski definition) is 5. The number of carbonyl (C=O) groups is 1. The van der Waals surface area contributed by atoms with Crippen LogP contribution in [-0.2, 0) is 11.3 Å². The first kappa shape index (κ1) is 14.6. The highest BCUT2D eigenvalue weighted by Crippen LogP contribution is 2.06. The maximum absolute atomic E-state index is 11.5. The van der Waals surface area contributed by atoms with Gasteiger partial charge in [0.05, 0.1) is 24.5 Å². The summed E-state index contributed by atoms with van der Waals surface area (Å²) in [7, 11) is 1.36. The predicted octanol–water partition coefficient (Wildman–Crippen LogP) is 1.12. The Bertz CT molecular complexity index is 380. The van der Waals surface area contributed by atoms with Crippen LogP contribution in [0.4, 0.5) is 0 Å². The molecule has 0 radical (unpaired) electrons. The molecule has 100 valence electrons. The zero-order valence-corrected chi connectivity index (χ0v) is 10.8. The molecule has 1 rings (SSSR count). The number of carbonyl (C=O) groups excluding carboxylic acids is 1. The number of methoxy groups -OCH3 is 1. The molecule has 18 heavy (non-hydrogen) atoms. The average molecular weight is 252 g/mol. The van der Waals surface area contributed by atoms with Gasteiger partial charge in [0, 0.05) is 12.7 Å². The molecule has 1 atom stereocenters.